The Morgan fingerprint density at radius 2 is 1.95 bits per heavy atom. The van der Waals surface area contributed by atoms with Gasteiger partial charge < -0.3 is 9.88 Å². The molecule has 0 spiro atoms. The number of nitrogens with zero attached hydrogens (tertiary/aromatic N) is 3. The van der Waals surface area contributed by atoms with E-state index < -0.39 is 0 Å². The number of hydrogen-bond donors (Lipinski definition) is 1. The van der Waals surface area contributed by atoms with Gasteiger partial charge in [-0.25, -0.2) is 4.98 Å². The number of pyridine rings is 1. The summed E-state index contributed by atoms with van der Waals surface area (Å²) >= 11 is 0. The van der Waals surface area contributed by atoms with Crippen LogP contribution in [0.1, 0.15) is 42.8 Å². The smallest absolute Gasteiger partial charge is 0.203 e. The van der Waals surface area contributed by atoms with Crippen LogP contribution in [0.4, 0.5) is 5.95 Å². The number of anilines is 1. The Morgan fingerprint density at radius 1 is 1.15 bits per heavy atom. The van der Waals surface area contributed by atoms with Crippen molar-refractivity contribution in [2.75, 3.05) is 5.32 Å². The Morgan fingerprint density at radius 3 is 2.70 bits per heavy atom. The van der Waals surface area contributed by atoms with Gasteiger partial charge in [0.05, 0.1) is 17.9 Å². The average Bonchev–Trinajstić information content (AvgIpc) is 3.01. The van der Waals surface area contributed by atoms with Crippen molar-refractivity contribution in [3.05, 3.63) is 41.5 Å². The van der Waals surface area contributed by atoms with Crippen molar-refractivity contribution in [3.63, 3.8) is 0 Å². The fourth-order valence-electron chi connectivity index (χ4n) is 2.90. The van der Waals surface area contributed by atoms with Crippen molar-refractivity contribution in [1.29, 1.82) is 0 Å². The van der Waals surface area contributed by atoms with Crippen LogP contribution in [0.25, 0.3) is 0 Å². The molecule has 0 radical (unpaired) electrons. The van der Waals surface area contributed by atoms with Crippen molar-refractivity contribution in [2.45, 2.75) is 52.1 Å². The molecule has 0 aliphatic heterocycles. The quantitative estimate of drug-likeness (QED) is 0.927. The van der Waals surface area contributed by atoms with Crippen LogP contribution in [0.3, 0.4) is 0 Å². The number of aromatic nitrogens is 3. The largest absolute Gasteiger partial charge is 0.353 e. The molecule has 2 aromatic rings. The van der Waals surface area contributed by atoms with Crippen LogP contribution in [0, 0.1) is 13.8 Å². The molecule has 1 aliphatic rings. The van der Waals surface area contributed by atoms with Crippen molar-refractivity contribution in [3.8, 4) is 0 Å². The molecule has 20 heavy (non-hydrogen) atoms. The maximum absolute atomic E-state index is 4.62. The highest BCUT2D eigenvalue weighted by atomic mass is 15.2. The van der Waals surface area contributed by atoms with E-state index in [2.05, 4.69) is 38.2 Å². The molecule has 0 atom stereocenters. The molecule has 0 bridgehead atoms. The van der Waals surface area contributed by atoms with Crippen LogP contribution in [0.2, 0.25) is 0 Å². The van der Waals surface area contributed by atoms with Gasteiger partial charge in [-0.1, -0.05) is 18.9 Å². The molecule has 106 valence electrons. The molecule has 1 aliphatic carbocycles. The highest BCUT2D eigenvalue weighted by molar-refractivity contribution is 5.31. The van der Waals surface area contributed by atoms with Crippen LogP contribution >= 0.6 is 0 Å². The lowest BCUT2D eigenvalue weighted by Gasteiger charge is -2.14. The molecule has 0 amide bonds. The van der Waals surface area contributed by atoms with Crippen molar-refractivity contribution in [1.82, 2.24) is 14.5 Å². The third-order valence-corrected chi connectivity index (χ3v) is 3.86. The molecule has 1 fully saturated rings. The molecule has 1 saturated carbocycles. The van der Waals surface area contributed by atoms with Gasteiger partial charge in [0, 0.05) is 17.9 Å². The fourth-order valence-corrected chi connectivity index (χ4v) is 2.90. The molecule has 3 rings (SSSR count). The number of nitrogens with one attached hydrogen (secondary N) is 1. The molecule has 4 nitrogen and oxygen atoms in total. The zero-order chi connectivity index (χ0) is 13.9. The van der Waals surface area contributed by atoms with Gasteiger partial charge in [-0.15, -0.1) is 0 Å². The first kappa shape index (κ1) is 13.2. The van der Waals surface area contributed by atoms with Crippen LogP contribution in [0.5, 0.6) is 0 Å². The Kier molecular flexibility index (Phi) is 3.72. The Balaban J connectivity index is 1.78. The molecule has 2 heterocycles. The lowest BCUT2D eigenvalue weighted by atomic mass is 10.2. The summed E-state index contributed by atoms with van der Waals surface area (Å²) in [7, 11) is 0. The average molecular weight is 270 g/mol. The van der Waals surface area contributed by atoms with E-state index in [0.717, 1.165) is 29.6 Å². The third-order valence-electron chi connectivity index (χ3n) is 3.86. The Labute approximate surface area is 120 Å². The summed E-state index contributed by atoms with van der Waals surface area (Å²) in [6.07, 6.45) is 7.28. The van der Waals surface area contributed by atoms with Crippen LogP contribution < -0.4 is 5.32 Å². The van der Waals surface area contributed by atoms with Crippen molar-refractivity contribution in [2.24, 2.45) is 0 Å². The van der Waals surface area contributed by atoms with E-state index in [1.165, 1.54) is 25.7 Å². The summed E-state index contributed by atoms with van der Waals surface area (Å²) in [6, 6.07) is 6.74. The lowest BCUT2D eigenvalue weighted by molar-refractivity contribution is 0.710. The van der Waals surface area contributed by atoms with Gasteiger partial charge in [0.15, 0.2) is 0 Å². The van der Waals surface area contributed by atoms with E-state index in [1.807, 2.05) is 19.9 Å². The number of hydrogen-bond acceptors (Lipinski definition) is 3. The summed E-state index contributed by atoms with van der Waals surface area (Å²) in [5, 5.41) is 3.59. The third kappa shape index (κ3) is 3.00. The summed E-state index contributed by atoms with van der Waals surface area (Å²) in [6.45, 7) is 4.85. The normalized spacial score (nSPS) is 15.7. The second kappa shape index (κ2) is 5.65. The first-order valence-corrected chi connectivity index (χ1v) is 7.43. The minimum Gasteiger partial charge on any atom is -0.353 e. The van der Waals surface area contributed by atoms with E-state index in [0.29, 0.717) is 6.04 Å². The van der Waals surface area contributed by atoms with Gasteiger partial charge in [0.2, 0.25) is 5.95 Å². The van der Waals surface area contributed by atoms with Gasteiger partial charge in [0.25, 0.3) is 0 Å². The van der Waals surface area contributed by atoms with Crippen molar-refractivity contribution < 1.29 is 0 Å². The summed E-state index contributed by atoms with van der Waals surface area (Å²) < 4.78 is 2.18. The van der Waals surface area contributed by atoms with E-state index in [4.69, 9.17) is 0 Å². The molecular weight excluding hydrogens is 248 g/mol. The van der Waals surface area contributed by atoms with Gasteiger partial charge in [-0.2, -0.15) is 0 Å². The molecule has 4 heteroatoms. The topological polar surface area (TPSA) is 42.7 Å². The number of aryl methyl sites for hydroxylation is 2. The SMILES string of the molecule is Cc1cccc(Cn2cc(C)nc2NC2CCCC2)n1. The summed E-state index contributed by atoms with van der Waals surface area (Å²) in [5.74, 6) is 0.984. The summed E-state index contributed by atoms with van der Waals surface area (Å²) in [4.78, 5) is 9.19. The number of rotatable bonds is 4. The first-order chi connectivity index (χ1) is 9.70. The second-order valence-electron chi connectivity index (χ2n) is 5.73. The number of imidazole rings is 1. The Hall–Kier alpha value is -1.84. The highest BCUT2D eigenvalue weighted by Crippen LogP contribution is 2.22. The van der Waals surface area contributed by atoms with Crippen molar-refractivity contribution >= 4 is 5.95 Å². The fraction of sp³-hybridized carbons (Fsp3) is 0.500. The molecular formula is C16H22N4. The molecule has 0 saturated heterocycles. The lowest BCUT2D eigenvalue weighted by Crippen LogP contribution is -2.18. The predicted octanol–water partition coefficient (Wildman–Crippen LogP) is 3.30. The van der Waals surface area contributed by atoms with E-state index in [9.17, 15) is 0 Å². The zero-order valence-electron chi connectivity index (χ0n) is 12.3. The standard InChI is InChI=1S/C16H22N4/c1-12-6-5-9-15(17-12)11-20-10-13(2)18-16(20)19-14-7-3-4-8-14/h5-6,9-10,14H,3-4,7-8,11H2,1-2H3,(H,18,19). The maximum atomic E-state index is 4.62. The van der Waals surface area contributed by atoms with Gasteiger partial charge in [-0.3, -0.25) is 4.98 Å². The molecule has 1 N–H and O–H groups in total. The first-order valence-electron chi connectivity index (χ1n) is 7.43. The highest BCUT2D eigenvalue weighted by Gasteiger charge is 2.17. The Bertz CT molecular complexity index is 582. The maximum Gasteiger partial charge on any atom is 0.203 e. The minimum absolute atomic E-state index is 0.584. The molecule has 2 aromatic heterocycles. The van der Waals surface area contributed by atoms with Gasteiger partial charge in [-0.05, 0) is 38.8 Å². The monoisotopic (exact) mass is 270 g/mol. The molecule has 0 aromatic carbocycles. The van der Waals surface area contributed by atoms with E-state index in [-0.39, 0.29) is 0 Å². The molecule has 0 unspecified atom stereocenters. The van der Waals surface area contributed by atoms with Crippen LogP contribution in [-0.4, -0.2) is 20.6 Å². The van der Waals surface area contributed by atoms with E-state index >= 15 is 0 Å². The zero-order valence-corrected chi connectivity index (χ0v) is 12.3. The van der Waals surface area contributed by atoms with Gasteiger partial charge in [0.1, 0.15) is 0 Å². The van der Waals surface area contributed by atoms with E-state index in [1.54, 1.807) is 0 Å². The van der Waals surface area contributed by atoms with Crippen LogP contribution in [0.15, 0.2) is 24.4 Å². The van der Waals surface area contributed by atoms with Gasteiger partial charge >= 0.3 is 0 Å². The predicted molar refractivity (Wildman–Crippen MR) is 80.9 cm³/mol. The van der Waals surface area contributed by atoms with Crippen LogP contribution in [-0.2, 0) is 6.54 Å². The minimum atomic E-state index is 0.584. The summed E-state index contributed by atoms with van der Waals surface area (Å²) in [5.41, 5.74) is 3.19. The second-order valence-corrected chi connectivity index (χ2v) is 5.73.